The number of rotatable bonds is 8. The predicted molar refractivity (Wildman–Crippen MR) is 129 cm³/mol. The maximum Gasteiger partial charge on any atom is 0.312 e. The second-order valence-corrected chi connectivity index (χ2v) is 9.28. The van der Waals surface area contributed by atoms with Crippen LogP contribution in [-0.2, 0) is 14.3 Å². The number of amides is 1. The van der Waals surface area contributed by atoms with Crippen molar-refractivity contribution in [3.63, 3.8) is 0 Å². The number of nitrogens with zero attached hydrogens (tertiary/aromatic N) is 2. The number of anilines is 1. The van der Waals surface area contributed by atoms with Gasteiger partial charge in [0.1, 0.15) is 5.82 Å². The Morgan fingerprint density at radius 2 is 1.91 bits per heavy atom. The highest BCUT2D eigenvalue weighted by Gasteiger charge is 2.39. The van der Waals surface area contributed by atoms with E-state index in [4.69, 9.17) is 16.3 Å². The fraction of sp³-hybridized carbons (Fsp3) is 0.280. The Morgan fingerprint density at radius 3 is 2.59 bits per heavy atom. The molecule has 1 aliphatic heterocycles. The molecule has 1 saturated heterocycles. The van der Waals surface area contributed by atoms with Gasteiger partial charge in [-0.15, -0.1) is 22.9 Å². The van der Waals surface area contributed by atoms with Gasteiger partial charge >= 0.3 is 5.97 Å². The number of carbonyl (C=O) groups excluding carboxylic acids is 3. The quantitative estimate of drug-likeness (QED) is 0.246. The molecule has 0 N–H and O–H groups in total. The monoisotopic (exact) mass is 500 g/mol. The summed E-state index contributed by atoms with van der Waals surface area (Å²) in [5, 5.41) is 2.38. The molecule has 0 bridgehead atoms. The maximum absolute atomic E-state index is 13.2. The van der Waals surface area contributed by atoms with Crippen molar-refractivity contribution in [2.45, 2.75) is 25.9 Å². The average molecular weight is 501 g/mol. The summed E-state index contributed by atoms with van der Waals surface area (Å²) in [7, 11) is 0. The molecule has 3 aromatic rings. The molecule has 176 valence electrons. The molecule has 34 heavy (non-hydrogen) atoms. The highest BCUT2D eigenvalue weighted by atomic mass is 35.5. The molecule has 0 spiro atoms. The SMILES string of the molecule is Cc1ccc(-c2csc(N3C[C@H](C(=O)O[C@H](CCCl)C(=O)c4ccc(F)cc4)CC3=O)n2)cc1. The molecule has 0 aliphatic carbocycles. The van der Waals surface area contributed by atoms with Crippen LogP contribution in [0.1, 0.15) is 28.8 Å². The normalized spacial score (nSPS) is 16.5. The fourth-order valence-corrected chi connectivity index (χ4v) is 4.73. The Morgan fingerprint density at radius 1 is 1.21 bits per heavy atom. The van der Waals surface area contributed by atoms with E-state index in [2.05, 4.69) is 4.98 Å². The van der Waals surface area contributed by atoms with Gasteiger partial charge in [-0.3, -0.25) is 19.3 Å². The zero-order valence-electron chi connectivity index (χ0n) is 18.4. The van der Waals surface area contributed by atoms with Crippen LogP contribution in [0.5, 0.6) is 0 Å². The van der Waals surface area contributed by atoms with Crippen LogP contribution in [0.15, 0.2) is 53.9 Å². The summed E-state index contributed by atoms with van der Waals surface area (Å²) >= 11 is 7.14. The highest BCUT2D eigenvalue weighted by molar-refractivity contribution is 7.14. The lowest BCUT2D eigenvalue weighted by Crippen LogP contribution is -2.32. The van der Waals surface area contributed by atoms with E-state index >= 15 is 0 Å². The fourth-order valence-electron chi connectivity index (χ4n) is 3.67. The summed E-state index contributed by atoms with van der Waals surface area (Å²) in [6, 6.07) is 12.9. The number of benzene rings is 2. The van der Waals surface area contributed by atoms with Gasteiger partial charge in [0.25, 0.3) is 0 Å². The van der Waals surface area contributed by atoms with E-state index in [9.17, 15) is 18.8 Å². The molecule has 0 unspecified atom stereocenters. The average Bonchev–Trinajstić information content (AvgIpc) is 3.46. The lowest BCUT2D eigenvalue weighted by atomic mass is 10.0. The van der Waals surface area contributed by atoms with Crippen molar-refractivity contribution in [3.8, 4) is 11.3 Å². The van der Waals surface area contributed by atoms with E-state index in [-0.39, 0.29) is 36.7 Å². The third kappa shape index (κ3) is 5.34. The summed E-state index contributed by atoms with van der Waals surface area (Å²) < 4.78 is 18.7. The van der Waals surface area contributed by atoms with Crippen LogP contribution in [0, 0.1) is 18.7 Å². The van der Waals surface area contributed by atoms with Crippen molar-refractivity contribution in [1.29, 1.82) is 0 Å². The minimum absolute atomic E-state index is 0.0311. The number of esters is 1. The zero-order chi connectivity index (χ0) is 24.2. The summed E-state index contributed by atoms with van der Waals surface area (Å²) in [5.74, 6) is -2.43. The molecule has 6 nitrogen and oxygen atoms in total. The third-order valence-electron chi connectivity index (χ3n) is 5.58. The first-order chi connectivity index (χ1) is 16.4. The van der Waals surface area contributed by atoms with Gasteiger partial charge in [0, 0.05) is 41.8 Å². The Kier molecular flexibility index (Phi) is 7.38. The zero-order valence-corrected chi connectivity index (χ0v) is 19.9. The summed E-state index contributed by atoms with van der Waals surface area (Å²) in [5.41, 5.74) is 3.06. The van der Waals surface area contributed by atoms with Crippen LogP contribution in [0.25, 0.3) is 11.3 Å². The smallest absolute Gasteiger partial charge is 0.312 e. The number of carbonyl (C=O) groups is 3. The van der Waals surface area contributed by atoms with Crippen molar-refractivity contribution in [2.75, 3.05) is 17.3 Å². The number of aromatic nitrogens is 1. The number of alkyl halides is 1. The van der Waals surface area contributed by atoms with Crippen molar-refractivity contribution in [2.24, 2.45) is 5.92 Å². The van der Waals surface area contributed by atoms with E-state index in [1.54, 1.807) is 0 Å². The van der Waals surface area contributed by atoms with Crippen LogP contribution >= 0.6 is 22.9 Å². The van der Waals surface area contributed by atoms with E-state index in [1.165, 1.54) is 40.5 Å². The first-order valence-corrected chi connectivity index (χ1v) is 12.2. The number of ketones is 1. The number of hydrogen-bond acceptors (Lipinski definition) is 6. The topological polar surface area (TPSA) is 76.6 Å². The predicted octanol–water partition coefficient (Wildman–Crippen LogP) is 5.03. The second-order valence-electron chi connectivity index (χ2n) is 8.06. The van der Waals surface area contributed by atoms with Gasteiger partial charge in [-0.05, 0) is 31.2 Å². The number of thiazole rings is 1. The minimum Gasteiger partial charge on any atom is -0.454 e. The summed E-state index contributed by atoms with van der Waals surface area (Å²) in [4.78, 5) is 44.3. The maximum atomic E-state index is 13.2. The molecular formula is C25H22ClFN2O4S. The number of ether oxygens (including phenoxy) is 1. The van der Waals surface area contributed by atoms with Crippen molar-refractivity contribution in [1.82, 2.24) is 4.98 Å². The molecule has 0 saturated carbocycles. The third-order valence-corrected chi connectivity index (χ3v) is 6.66. The van der Waals surface area contributed by atoms with E-state index in [0.29, 0.717) is 5.13 Å². The van der Waals surface area contributed by atoms with Gasteiger partial charge in [0.15, 0.2) is 11.2 Å². The van der Waals surface area contributed by atoms with Gasteiger partial charge in [0.2, 0.25) is 11.7 Å². The van der Waals surface area contributed by atoms with Crippen molar-refractivity contribution >= 4 is 45.7 Å². The van der Waals surface area contributed by atoms with Crippen LogP contribution < -0.4 is 4.90 Å². The van der Waals surface area contributed by atoms with E-state index in [1.807, 2.05) is 36.6 Å². The Bertz CT molecular complexity index is 1200. The number of aryl methyl sites for hydroxylation is 1. The molecule has 4 rings (SSSR count). The molecule has 2 atom stereocenters. The second kappa shape index (κ2) is 10.4. The van der Waals surface area contributed by atoms with Crippen LogP contribution in [0.4, 0.5) is 9.52 Å². The molecule has 1 fully saturated rings. The summed E-state index contributed by atoms with van der Waals surface area (Å²) in [6.45, 7) is 2.13. The van der Waals surface area contributed by atoms with Crippen molar-refractivity contribution < 1.29 is 23.5 Å². The van der Waals surface area contributed by atoms with Gasteiger partial charge < -0.3 is 4.74 Å². The first-order valence-electron chi connectivity index (χ1n) is 10.7. The van der Waals surface area contributed by atoms with E-state index in [0.717, 1.165) is 16.8 Å². The first kappa shape index (κ1) is 24.0. The minimum atomic E-state index is -1.10. The largest absolute Gasteiger partial charge is 0.454 e. The van der Waals surface area contributed by atoms with Gasteiger partial charge in [0.05, 0.1) is 11.6 Å². The number of Topliss-reactive ketones (excluding diaryl/α,β-unsaturated/α-hetero) is 1. The molecule has 9 heteroatoms. The molecule has 1 aromatic heterocycles. The molecule has 2 aromatic carbocycles. The Labute approximate surface area is 205 Å². The van der Waals surface area contributed by atoms with Crippen molar-refractivity contribution in [3.05, 3.63) is 70.9 Å². The van der Waals surface area contributed by atoms with Crippen LogP contribution in [0.3, 0.4) is 0 Å². The van der Waals surface area contributed by atoms with Crippen LogP contribution in [0.2, 0.25) is 0 Å². The summed E-state index contributed by atoms with van der Waals surface area (Å²) in [6.07, 6.45) is -1.02. The van der Waals surface area contributed by atoms with Gasteiger partial charge in [-0.2, -0.15) is 0 Å². The molecule has 0 radical (unpaired) electrons. The molecular weight excluding hydrogens is 479 g/mol. The lowest BCUT2D eigenvalue weighted by molar-refractivity contribution is -0.151. The lowest BCUT2D eigenvalue weighted by Gasteiger charge is -2.18. The standard InChI is InChI=1S/C25H22ClFN2O4S/c1-15-2-4-16(5-3-15)20-14-34-25(28-20)29-13-18(12-22(29)30)24(32)33-21(10-11-26)23(31)17-6-8-19(27)9-7-17/h2-9,14,18,21H,10-13H2,1H3/t18-,21-/m1/s1. The molecule has 1 amide bonds. The Hall–Kier alpha value is -3.10. The van der Waals surface area contributed by atoms with Gasteiger partial charge in [-0.25, -0.2) is 9.37 Å². The highest BCUT2D eigenvalue weighted by Crippen LogP contribution is 2.32. The Balaban J connectivity index is 1.43. The van der Waals surface area contributed by atoms with Crippen LogP contribution in [-0.4, -0.2) is 41.2 Å². The van der Waals surface area contributed by atoms with E-state index < -0.39 is 29.6 Å². The number of hydrogen-bond donors (Lipinski definition) is 0. The number of halogens is 2. The van der Waals surface area contributed by atoms with Gasteiger partial charge in [-0.1, -0.05) is 29.8 Å². The molecule has 1 aliphatic rings. The molecule has 2 heterocycles.